The quantitative estimate of drug-likeness (QED) is 0.824. The molecule has 0 amide bonds. The Morgan fingerprint density at radius 2 is 2.27 bits per heavy atom. The molecule has 3 nitrogen and oxygen atoms in total. The van der Waals surface area contributed by atoms with Crippen LogP contribution < -0.4 is 5.73 Å². The van der Waals surface area contributed by atoms with Gasteiger partial charge in [0, 0.05) is 11.9 Å². The zero-order valence-electron chi connectivity index (χ0n) is 8.33. The van der Waals surface area contributed by atoms with E-state index >= 15 is 0 Å². The zero-order valence-corrected chi connectivity index (χ0v) is 9.08. The standard InChI is InChI=1S/C11H12ClNO2/c1-11(14,6-13)9-5-7-3-2-4-8(12)10(7)15-9/h2-5,14H,6,13H2,1H3. The molecule has 15 heavy (non-hydrogen) atoms. The van der Waals surface area contributed by atoms with Gasteiger partial charge >= 0.3 is 0 Å². The fraction of sp³-hybridized carbons (Fsp3) is 0.273. The van der Waals surface area contributed by atoms with Crippen molar-refractivity contribution in [2.45, 2.75) is 12.5 Å². The maximum atomic E-state index is 9.92. The Kier molecular flexibility index (Phi) is 2.46. The first-order valence-electron chi connectivity index (χ1n) is 4.65. The Hall–Kier alpha value is -1.03. The Morgan fingerprint density at radius 1 is 1.53 bits per heavy atom. The van der Waals surface area contributed by atoms with Crippen LogP contribution >= 0.6 is 11.6 Å². The molecule has 0 aliphatic carbocycles. The predicted molar refractivity (Wildman–Crippen MR) is 59.8 cm³/mol. The maximum absolute atomic E-state index is 9.92. The average Bonchev–Trinajstić information content (AvgIpc) is 2.64. The Bertz CT molecular complexity index is 490. The molecule has 1 unspecified atom stereocenters. The molecule has 0 aliphatic rings. The molecule has 1 aromatic carbocycles. The van der Waals surface area contributed by atoms with Crippen LogP contribution in [0.5, 0.6) is 0 Å². The third kappa shape index (κ3) is 1.74. The summed E-state index contributed by atoms with van der Waals surface area (Å²) < 4.78 is 5.49. The van der Waals surface area contributed by atoms with Crippen molar-refractivity contribution in [3.63, 3.8) is 0 Å². The van der Waals surface area contributed by atoms with E-state index in [0.29, 0.717) is 16.4 Å². The number of fused-ring (bicyclic) bond motifs is 1. The lowest BCUT2D eigenvalue weighted by molar-refractivity contribution is 0.0449. The van der Waals surface area contributed by atoms with Crippen molar-refractivity contribution in [1.29, 1.82) is 0 Å². The minimum absolute atomic E-state index is 0.102. The van der Waals surface area contributed by atoms with Crippen molar-refractivity contribution < 1.29 is 9.52 Å². The van der Waals surface area contributed by atoms with E-state index in [1.165, 1.54) is 0 Å². The van der Waals surface area contributed by atoms with Gasteiger partial charge in [-0.2, -0.15) is 0 Å². The second-order valence-electron chi connectivity index (χ2n) is 3.75. The van der Waals surface area contributed by atoms with Gasteiger partial charge in [-0.3, -0.25) is 0 Å². The lowest BCUT2D eigenvalue weighted by Gasteiger charge is -2.17. The summed E-state index contributed by atoms with van der Waals surface area (Å²) in [6.07, 6.45) is 0. The second kappa shape index (κ2) is 3.52. The smallest absolute Gasteiger partial charge is 0.153 e. The number of benzene rings is 1. The lowest BCUT2D eigenvalue weighted by atomic mass is 10.0. The van der Waals surface area contributed by atoms with Gasteiger partial charge in [-0.1, -0.05) is 23.7 Å². The van der Waals surface area contributed by atoms with Gasteiger partial charge in [-0.25, -0.2) is 0 Å². The fourth-order valence-electron chi connectivity index (χ4n) is 1.39. The molecule has 0 aliphatic heterocycles. The molecule has 1 heterocycles. The fourth-order valence-corrected chi connectivity index (χ4v) is 1.61. The van der Waals surface area contributed by atoms with Crippen molar-refractivity contribution in [3.8, 4) is 0 Å². The Morgan fingerprint density at radius 3 is 2.87 bits per heavy atom. The molecule has 2 rings (SSSR count). The highest BCUT2D eigenvalue weighted by Gasteiger charge is 2.25. The van der Waals surface area contributed by atoms with E-state index in [4.69, 9.17) is 21.8 Å². The van der Waals surface area contributed by atoms with Gasteiger partial charge in [-0.05, 0) is 19.1 Å². The molecule has 0 saturated carbocycles. The summed E-state index contributed by atoms with van der Waals surface area (Å²) in [7, 11) is 0. The minimum Gasteiger partial charge on any atom is -0.456 e. The molecule has 0 bridgehead atoms. The molecular formula is C11H12ClNO2. The SMILES string of the molecule is CC(O)(CN)c1cc2cccc(Cl)c2o1. The van der Waals surface area contributed by atoms with Crippen LogP contribution in [0.25, 0.3) is 11.0 Å². The van der Waals surface area contributed by atoms with Crippen molar-refractivity contribution in [2.75, 3.05) is 6.54 Å². The molecule has 2 aromatic rings. The Labute approximate surface area is 92.4 Å². The number of hydrogen-bond acceptors (Lipinski definition) is 3. The number of halogens is 1. The van der Waals surface area contributed by atoms with Crippen LogP contribution in [0.1, 0.15) is 12.7 Å². The first-order chi connectivity index (χ1) is 7.04. The summed E-state index contributed by atoms with van der Waals surface area (Å²) in [4.78, 5) is 0. The molecule has 80 valence electrons. The van der Waals surface area contributed by atoms with Crippen molar-refractivity contribution >= 4 is 22.6 Å². The van der Waals surface area contributed by atoms with Crippen LogP contribution in [-0.2, 0) is 5.60 Å². The van der Waals surface area contributed by atoms with Crippen LogP contribution in [0, 0.1) is 0 Å². The lowest BCUT2D eigenvalue weighted by Crippen LogP contribution is -2.30. The number of furan rings is 1. The van der Waals surface area contributed by atoms with E-state index in [2.05, 4.69) is 0 Å². The number of rotatable bonds is 2. The van der Waals surface area contributed by atoms with Gasteiger partial charge in [0.1, 0.15) is 11.4 Å². The zero-order chi connectivity index (χ0) is 11.1. The van der Waals surface area contributed by atoms with Gasteiger partial charge in [-0.15, -0.1) is 0 Å². The molecule has 1 aromatic heterocycles. The summed E-state index contributed by atoms with van der Waals surface area (Å²) in [5.74, 6) is 0.438. The van der Waals surface area contributed by atoms with Crippen LogP contribution in [0.4, 0.5) is 0 Å². The topological polar surface area (TPSA) is 59.4 Å². The first kappa shape index (κ1) is 10.5. The van der Waals surface area contributed by atoms with Crippen LogP contribution in [0.2, 0.25) is 5.02 Å². The van der Waals surface area contributed by atoms with Crippen molar-refractivity contribution in [3.05, 3.63) is 35.0 Å². The van der Waals surface area contributed by atoms with Gasteiger partial charge in [0.2, 0.25) is 0 Å². The molecule has 3 N–H and O–H groups in total. The van der Waals surface area contributed by atoms with E-state index in [0.717, 1.165) is 5.39 Å². The van der Waals surface area contributed by atoms with E-state index in [9.17, 15) is 5.11 Å². The van der Waals surface area contributed by atoms with E-state index in [1.807, 2.05) is 12.1 Å². The second-order valence-corrected chi connectivity index (χ2v) is 4.15. The van der Waals surface area contributed by atoms with Crippen LogP contribution in [0.3, 0.4) is 0 Å². The molecule has 1 atom stereocenters. The summed E-state index contributed by atoms with van der Waals surface area (Å²) in [6.45, 7) is 1.71. The summed E-state index contributed by atoms with van der Waals surface area (Å²) in [5.41, 5.74) is 4.89. The van der Waals surface area contributed by atoms with Gasteiger partial charge < -0.3 is 15.3 Å². The van der Waals surface area contributed by atoms with Gasteiger partial charge in [0.05, 0.1) is 5.02 Å². The number of aliphatic hydroxyl groups is 1. The number of para-hydroxylation sites is 1. The highest BCUT2D eigenvalue weighted by atomic mass is 35.5. The van der Waals surface area contributed by atoms with Crippen molar-refractivity contribution in [1.82, 2.24) is 0 Å². The molecule has 4 heteroatoms. The predicted octanol–water partition coefficient (Wildman–Crippen LogP) is 2.25. The average molecular weight is 226 g/mol. The monoisotopic (exact) mass is 225 g/mol. The summed E-state index contributed by atoms with van der Waals surface area (Å²) >= 11 is 5.96. The summed E-state index contributed by atoms with van der Waals surface area (Å²) in [5, 5.41) is 11.3. The molecule has 0 saturated heterocycles. The third-order valence-electron chi connectivity index (χ3n) is 2.42. The molecular weight excluding hydrogens is 214 g/mol. The van der Waals surface area contributed by atoms with E-state index in [-0.39, 0.29) is 6.54 Å². The van der Waals surface area contributed by atoms with Crippen molar-refractivity contribution in [2.24, 2.45) is 5.73 Å². The largest absolute Gasteiger partial charge is 0.456 e. The highest BCUT2D eigenvalue weighted by Crippen LogP contribution is 2.31. The maximum Gasteiger partial charge on any atom is 0.153 e. The molecule has 0 spiro atoms. The Balaban J connectivity index is 2.62. The van der Waals surface area contributed by atoms with Crippen LogP contribution in [0.15, 0.2) is 28.7 Å². The number of hydrogen-bond donors (Lipinski definition) is 2. The van der Waals surface area contributed by atoms with E-state index in [1.54, 1.807) is 19.1 Å². The minimum atomic E-state index is -1.15. The van der Waals surface area contributed by atoms with Gasteiger partial charge in [0.15, 0.2) is 5.58 Å². The normalized spacial score (nSPS) is 15.5. The highest BCUT2D eigenvalue weighted by molar-refractivity contribution is 6.34. The molecule has 0 radical (unpaired) electrons. The van der Waals surface area contributed by atoms with Crippen LogP contribution in [-0.4, -0.2) is 11.7 Å². The van der Waals surface area contributed by atoms with Gasteiger partial charge in [0.25, 0.3) is 0 Å². The first-order valence-corrected chi connectivity index (χ1v) is 5.03. The number of nitrogens with two attached hydrogens (primary N) is 1. The molecule has 0 fully saturated rings. The third-order valence-corrected chi connectivity index (χ3v) is 2.72. The summed E-state index contributed by atoms with van der Waals surface area (Å²) in [6, 6.07) is 7.21. The van der Waals surface area contributed by atoms with E-state index < -0.39 is 5.60 Å².